The van der Waals surface area contributed by atoms with Crippen molar-refractivity contribution in [1.82, 2.24) is 5.32 Å². The minimum Gasteiger partial charge on any atom is -0.480 e. The molecular formula is C10H21N3O2S. The summed E-state index contributed by atoms with van der Waals surface area (Å²) in [5, 5.41) is 12.6. The van der Waals surface area contributed by atoms with E-state index in [0.29, 0.717) is 18.9 Å². The lowest BCUT2D eigenvalue weighted by atomic mass is 10.0. The van der Waals surface area contributed by atoms with Gasteiger partial charge < -0.3 is 16.6 Å². The average molecular weight is 247 g/mol. The van der Waals surface area contributed by atoms with Crippen LogP contribution in [0.25, 0.3) is 0 Å². The van der Waals surface area contributed by atoms with Crippen molar-refractivity contribution >= 4 is 17.7 Å². The highest BCUT2D eigenvalue weighted by Crippen LogP contribution is 2.41. The first-order valence-corrected chi connectivity index (χ1v) is 6.50. The normalized spacial score (nSPS) is 27.8. The zero-order chi connectivity index (χ0) is 12.3. The van der Waals surface area contributed by atoms with Gasteiger partial charge in [0.05, 0.1) is 5.37 Å². The van der Waals surface area contributed by atoms with Crippen molar-refractivity contribution in [3.05, 3.63) is 0 Å². The Bertz CT molecular complexity index is 250. The van der Waals surface area contributed by atoms with Crippen molar-refractivity contribution in [3.63, 3.8) is 0 Å². The van der Waals surface area contributed by atoms with Gasteiger partial charge in [0.1, 0.15) is 6.04 Å². The molecule has 0 aromatic carbocycles. The van der Waals surface area contributed by atoms with E-state index in [9.17, 15) is 4.79 Å². The predicted octanol–water partition coefficient (Wildman–Crippen LogP) is -0.197. The van der Waals surface area contributed by atoms with Crippen molar-refractivity contribution in [2.75, 3.05) is 6.54 Å². The molecule has 0 aliphatic carbocycles. The van der Waals surface area contributed by atoms with Crippen molar-refractivity contribution < 1.29 is 9.90 Å². The van der Waals surface area contributed by atoms with Gasteiger partial charge in [-0.1, -0.05) is 13.8 Å². The Balaban J connectivity index is 2.37. The van der Waals surface area contributed by atoms with E-state index in [1.54, 1.807) is 11.8 Å². The quantitative estimate of drug-likeness (QED) is 0.465. The zero-order valence-corrected chi connectivity index (χ0v) is 10.5. The molecule has 0 bridgehead atoms. The Morgan fingerprint density at radius 2 is 2.19 bits per heavy atom. The Morgan fingerprint density at radius 3 is 2.62 bits per heavy atom. The number of aliphatic carboxylic acids is 1. The van der Waals surface area contributed by atoms with Crippen molar-refractivity contribution in [2.24, 2.45) is 17.4 Å². The van der Waals surface area contributed by atoms with Crippen molar-refractivity contribution in [1.29, 1.82) is 0 Å². The Kier molecular flexibility index (Phi) is 5.04. The van der Waals surface area contributed by atoms with Crippen LogP contribution in [-0.4, -0.2) is 40.3 Å². The maximum atomic E-state index is 11.0. The van der Waals surface area contributed by atoms with Gasteiger partial charge in [-0.3, -0.25) is 10.1 Å². The lowest BCUT2D eigenvalue weighted by Gasteiger charge is -2.16. The van der Waals surface area contributed by atoms with E-state index in [0.717, 1.165) is 0 Å². The molecule has 0 spiro atoms. The van der Waals surface area contributed by atoms with Gasteiger partial charge >= 0.3 is 5.97 Å². The fourth-order valence-electron chi connectivity index (χ4n) is 1.63. The lowest BCUT2D eigenvalue weighted by Crippen LogP contribution is -2.43. The Labute approximate surface area is 100 Å². The van der Waals surface area contributed by atoms with E-state index in [-0.39, 0.29) is 16.7 Å². The van der Waals surface area contributed by atoms with Crippen LogP contribution in [0.3, 0.4) is 0 Å². The van der Waals surface area contributed by atoms with Crippen LogP contribution < -0.4 is 16.8 Å². The van der Waals surface area contributed by atoms with Crippen LogP contribution in [0.15, 0.2) is 0 Å². The van der Waals surface area contributed by atoms with Crippen LogP contribution in [0.1, 0.15) is 20.3 Å². The third-order valence-corrected chi connectivity index (χ3v) is 3.93. The molecule has 6 N–H and O–H groups in total. The molecule has 0 radical (unpaired) electrons. The van der Waals surface area contributed by atoms with Gasteiger partial charge in [0.25, 0.3) is 0 Å². The monoisotopic (exact) mass is 247 g/mol. The minimum atomic E-state index is -0.790. The number of nitrogens with two attached hydrogens (primary N) is 2. The summed E-state index contributed by atoms with van der Waals surface area (Å²) in [6.07, 6.45) is 0.636. The summed E-state index contributed by atoms with van der Waals surface area (Å²) < 4.78 is 0. The molecule has 1 heterocycles. The van der Waals surface area contributed by atoms with E-state index in [2.05, 4.69) is 5.32 Å². The van der Waals surface area contributed by atoms with Crippen LogP contribution in [0.4, 0.5) is 0 Å². The third kappa shape index (κ3) is 3.93. The highest BCUT2D eigenvalue weighted by molar-refractivity contribution is 8.07. The number of carboxylic acid groups (broad SMARTS) is 1. The molecule has 0 aromatic heterocycles. The third-order valence-electron chi connectivity index (χ3n) is 2.59. The van der Waals surface area contributed by atoms with Crippen LogP contribution in [0.5, 0.6) is 0 Å². The Hall–Kier alpha value is -0.300. The summed E-state index contributed by atoms with van der Waals surface area (Å²) >= 11 is 1.66. The average Bonchev–Trinajstić information content (AvgIpc) is 2.94. The molecule has 1 rings (SSSR count). The van der Waals surface area contributed by atoms with E-state index < -0.39 is 12.0 Å². The minimum absolute atomic E-state index is 0.0454. The summed E-state index contributed by atoms with van der Waals surface area (Å²) in [7, 11) is 0. The summed E-state index contributed by atoms with van der Waals surface area (Å²) in [6.45, 7) is 4.47. The molecule has 16 heavy (non-hydrogen) atoms. The molecule has 1 fully saturated rings. The van der Waals surface area contributed by atoms with Gasteiger partial charge in [-0.25, -0.2) is 0 Å². The van der Waals surface area contributed by atoms with E-state index in [1.165, 1.54) is 0 Å². The van der Waals surface area contributed by atoms with E-state index in [4.69, 9.17) is 16.6 Å². The first-order valence-electron chi connectivity index (χ1n) is 5.55. The smallest absolute Gasteiger partial charge is 0.320 e. The maximum absolute atomic E-state index is 11.0. The van der Waals surface area contributed by atoms with Gasteiger partial charge in [0.15, 0.2) is 0 Å². The maximum Gasteiger partial charge on any atom is 0.320 e. The second-order valence-corrected chi connectivity index (χ2v) is 5.93. The van der Waals surface area contributed by atoms with E-state index in [1.807, 2.05) is 13.8 Å². The molecule has 4 atom stereocenters. The van der Waals surface area contributed by atoms with Crippen molar-refractivity contribution in [3.8, 4) is 0 Å². The van der Waals surface area contributed by atoms with Gasteiger partial charge in [0.2, 0.25) is 0 Å². The molecular weight excluding hydrogens is 226 g/mol. The van der Waals surface area contributed by atoms with Crippen molar-refractivity contribution in [2.45, 2.75) is 43.0 Å². The fourth-order valence-corrected chi connectivity index (χ4v) is 2.71. The molecule has 5 nitrogen and oxygen atoms in total. The molecule has 2 unspecified atom stereocenters. The molecule has 1 saturated heterocycles. The van der Waals surface area contributed by atoms with Gasteiger partial charge in [-0.05, 0) is 12.3 Å². The second kappa shape index (κ2) is 5.86. The molecule has 1 aliphatic heterocycles. The first kappa shape index (κ1) is 13.8. The van der Waals surface area contributed by atoms with E-state index >= 15 is 0 Å². The molecule has 0 amide bonds. The standard InChI is InChI=1S/C10H21N3O2S/c1-5(2)3-7(10(14)15)13-9-8(16-9)6(12)4-11/h5-9,13H,3-4,11-12H2,1-2H3,(H,14,15)/t6-,7-,8?,9?/m0/s1. The number of rotatable bonds is 7. The zero-order valence-electron chi connectivity index (χ0n) is 9.72. The number of hydrogen-bond acceptors (Lipinski definition) is 5. The highest BCUT2D eigenvalue weighted by Gasteiger charge is 2.44. The number of thioether (sulfide) groups is 1. The number of carboxylic acids is 1. The molecule has 0 aromatic rings. The fraction of sp³-hybridized carbons (Fsp3) is 0.900. The number of carbonyl (C=O) groups is 1. The van der Waals surface area contributed by atoms with Gasteiger partial charge in [-0.2, -0.15) is 0 Å². The van der Waals surface area contributed by atoms with Crippen LogP contribution in [0.2, 0.25) is 0 Å². The van der Waals surface area contributed by atoms with Gasteiger partial charge in [0, 0.05) is 17.8 Å². The van der Waals surface area contributed by atoms with Crippen LogP contribution in [0, 0.1) is 5.92 Å². The Morgan fingerprint density at radius 1 is 1.56 bits per heavy atom. The summed E-state index contributed by atoms with van der Waals surface area (Å²) in [5.74, 6) is -0.430. The van der Waals surface area contributed by atoms with Gasteiger partial charge in [-0.15, -0.1) is 11.8 Å². The molecule has 1 aliphatic rings. The number of nitrogens with one attached hydrogen (secondary N) is 1. The SMILES string of the molecule is CC(C)C[C@H](NC1SC1[C@@H](N)CN)C(=O)O. The van der Waals surface area contributed by atoms with Crippen LogP contribution in [-0.2, 0) is 4.79 Å². The van der Waals surface area contributed by atoms with Crippen LogP contribution >= 0.6 is 11.8 Å². The first-order chi connectivity index (χ1) is 7.45. The molecule has 94 valence electrons. The molecule has 0 saturated carbocycles. The topological polar surface area (TPSA) is 101 Å². The second-order valence-electron chi connectivity index (χ2n) is 4.61. The summed E-state index contributed by atoms with van der Waals surface area (Å²) in [6, 6.07) is -0.525. The largest absolute Gasteiger partial charge is 0.480 e. The highest BCUT2D eigenvalue weighted by atomic mass is 32.2. The predicted molar refractivity (Wildman–Crippen MR) is 66.2 cm³/mol. The summed E-state index contributed by atoms with van der Waals surface area (Å²) in [4.78, 5) is 11.0. The molecule has 6 heteroatoms. The summed E-state index contributed by atoms with van der Waals surface area (Å²) in [5.41, 5.74) is 11.3. The lowest BCUT2D eigenvalue weighted by molar-refractivity contribution is -0.139. The number of hydrogen-bond donors (Lipinski definition) is 4.